The van der Waals surface area contributed by atoms with Crippen LogP contribution >= 0.6 is 0 Å². The maximum absolute atomic E-state index is 10.7. The zero-order valence-corrected chi connectivity index (χ0v) is 18.9. The standard InChI is InChI=1S/C15H16O3.C10H9NO5/c1-16-13-9-6-10-14(17-2)15(13)18-11-12-7-4-3-5-8-12;12-11(13)7-1-6-2-9-10(16-5-15-9)3-8(6)14-4-7/h3-10H,11H2,1-2H3;2-3,7H,1,4-5H2. The summed E-state index contributed by atoms with van der Waals surface area (Å²) in [5.74, 6) is 3.90. The van der Waals surface area contributed by atoms with E-state index in [1.807, 2.05) is 48.5 Å². The van der Waals surface area contributed by atoms with E-state index >= 15 is 0 Å². The van der Waals surface area contributed by atoms with Crippen molar-refractivity contribution in [3.63, 3.8) is 0 Å². The molecule has 0 fully saturated rings. The summed E-state index contributed by atoms with van der Waals surface area (Å²) in [5, 5.41) is 10.7. The molecule has 0 radical (unpaired) electrons. The van der Waals surface area contributed by atoms with Crippen molar-refractivity contribution in [3.8, 4) is 34.5 Å². The van der Waals surface area contributed by atoms with Crippen molar-refractivity contribution in [2.75, 3.05) is 27.6 Å². The van der Waals surface area contributed by atoms with Gasteiger partial charge in [-0.05, 0) is 23.8 Å². The van der Waals surface area contributed by atoms with Crippen LogP contribution < -0.4 is 28.4 Å². The zero-order valence-electron chi connectivity index (χ0n) is 18.9. The molecule has 3 aromatic carbocycles. The van der Waals surface area contributed by atoms with Crippen LogP contribution in [-0.2, 0) is 13.0 Å². The summed E-state index contributed by atoms with van der Waals surface area (Å²) in [6, 6.07) is 18.4. The lowest BCUT2D eigenvalue weighted by Gasteiger charge is -2.20. The second-order valence-corrected chi connectivity index (χ2v) is 7.53. The Morgan fingerprint density at radius 3 is 2.24 bits per heavy atom. The number of rotatable bonds is 6. The van der Waals surface area contributed by atoms with Gasteiger partial charge in [-0.2, -0.15) is 0 Å². The van der Waals surface area contributed by atoms with Crippen molar-refractivity contribution < 1.29 is 33.3 Å². The largest absolute Gasteiger partial charge is 0.493 e. The van der Waals surface area contributed by atoms with Crippen LogP contribution in [0.2, 0.25) is 0 Å². The fraction of sp³-hybridized carbons (Fsp3) is 0.280. The fourth-order valence-corrected chi connectivity index (χ4v) is 3.58. The van der Waals surface area contributed by atoms with Gasteiger partial charge < -0.3 is 28.4 Å². The lowest BCUT2D eigenvalue weighted by molar-refractivity contribution is -0.525. The van der Waals surface area contributed by atoms with Gasteiger partial charge in [0.15, 0.2) is 29.6 Å². The highest BCUT2D eigenvalue weighted by atomic mass is 16.7. The summed E-state index contributed by atoms with van der Waals surface area (Å²) in [6.07, 6.45) is 0.374. The van der Waals surface area contributed by atoms with E-state index in [0.29, 0.717) is 47.5 Å². The van der Waals surface area contributed by atoms with Gasteiger partial charge in [0.2, 0.25) is 12.5 Å². The Labute approximate surface area is 196 Å². The SMILES string of the molecule is COc1cccc(OC)c1OCc1ccccc1.O=[N+]([O-])C1COc2cc3c(cc2C1)OCO3. The highest BCUT2D eigenvalue weighted by Gasteiger charge is 2.30. The van der Waals surface area contributed by atoms with Crippen LogP contribution in [0.5, 0.6) is 34.5 Å². The molecule has 2 aliphatic heterocycles. The molecule has 0 saturated heterocycles. The minimum absolute atomic E-state index is 0.111. The second-order valence-electron chi connectivity index (χ2n) is 7.53. The third-order valence-corrected chi connectivity index (χ3v) is 5.35. The zero-order chi connectivity index (χ0) is 23.9. The monoisotopic (exact) mass is 467 g/mol. The first kappa shape index (κ1) is 23.0. The molecule has 0 bridgehead atoms. The summed E-state index contributed by atoms with van der Waals surface area (Å²) in [5.41, 5.74) is 1.91. The Morgan fingerprint density at radius 2 is 1.59 bits per heavy atom. The molecule has 0 saturated carbocycles. The molecule has 1 unspecified atom stereocenters. The topological polar surface area (TPSA) is 98.5 Å². The first-order valence-electron chi connectivity index (χ1n) is 10.7. The summed E-state index contributed by atoms with van der Waals surface area (Å²) >= 11 is 0. The number of nitrogens with zero attached hydrogens (tertiary/aromatic N) is 1. The van der Waals surface area contributed by atoms with E-state index in [-0.39, 0.29) is 18.3 Å². The van der Waals surface area contributed by atoms with Gasteiger partial charge in [-0.3, -0.25) is 10.1 Å². The number of hydrogen-bond acceptors (Lipinski definition) is 8. The number of benzene rings is 3. The smallest absolute Gasteiger partial charge is 0.250 e. The molecule has 0 spiro atoms. The second kappa shape index (κ2) is 10.7. The molecule has 0 aliphatic carbocycles. The minimum Gasteiger partial charge on any atom is -0.493 e. The Hall–Kier alpha value is -4.14. The van der Waals surface area contributed by atoms with Crippen LogP contribution in [-0.4, -0.2) is 38.6 Å². The van der Waals surface area contributed by atoms with Crippen molar-refractivity contribution in [1.82, 2.24) is 0 Å². The van der Waals surface area contributed by atoms with Crippen molar-refractivity contribution in [2.24, 2.45) is 0 Å². The summed E-state index contributed by atoms with van der Waals surface area (Å²) in [4.78, 5) is 10.4. The highest BCUT2D eigenvalue weighted by Crippen LogP contribution is 2.40. The van der Waals surface area contributed by atoms with E-state index in [9.17, 15) is 10.1 Å². The lowest BCUT2D eigenvalue weighted by atomic mass is 10.0. The molecule has 0 N–H and O–H groups in total. The van der Waals surface area contributed by atoms with E-state index < -0.39 is 6.04 Å². The maximum atomic E-state index is 10.7. The highest BCUT2D eigenvalue weighted by molar-refractivity contribution is 5.53. The van der Waals surface area contributed by atoms with E-state index in [0.717, 1.165) is 11.1 Å². The lowest BCUT2D eigenvalue weighted by Crippen LogP contribution is -2.32. The molecule has 34 heavy (non-hydrogen) atoms. The molecule has 2 aliphatic rings. The molecule has 5 rings (SSSR count). The van der Waals surface area contributed by atoms with Crippen LogP contribution in [0.15, 0.2) is 60.7 Å². The van der Waals surface area contributed by atoms with Crippen LogP contribution in [0.4, 0.5) is 0 Å². The van der Waals surface area contributed by atoms with Crippen molar-refractivity contribution in [3.05, 3.63) is 81.9 Å². The van der Waals surface area contributed by atoms with Gasteiger partial charge in [-0.1, -0.05) is 36.4 Å². The average molecular weight is 467 g/mol. The normalized spacial score (nSPS) is 15.2. The van der Waals surface area contributed by atoms with E-state index in [4.69, 9.17) is 28.4 Å². The molecule has 9 nitrogen and oxygen atoms in total. The summed E-state index contributed by atoms with van der Waals surface area (Å²) < 4.78 is 32.1. The fourth-order valence-electron chi connectivity index (χ4n) is 3.58. The number of methoxy groups -OCH3 is 2. The maximum Gasteiger partial charge on any atom is 0.250 e. The average Bonchev–Trinajstić information content (AvgIpc) is 3.33. The number of hydrogen-bond donors (Lipinski definition) is 0. The number of ether oxygens (including phenoxy) is 6. The van der Waals surface area contributed by atoms with Crippen LogP contribution in [0.25, 0.3) is 0 Å². The van der Waals surface area contributed by atoms with Crippen molar-refractivity contribution in [2.45, 2.75) is 19.1 Å². The molecule has 2 heterocycles. The van der Waals surface area contributed by atoms with Gasteiger partial charge in [0.1, 0.15) is 12.4 Å². The van der Waals surface area contributed by atoms with Crippen LogP contribution in [0.3, 0.4) is 0 Å². The molecule has 9 heteroatoms. The van der Waals surface area contributed by atoms with Gasteiger partial charge in [0, 0.05) is 23.0 Å². The third kappa shape index (κ3) is 5.25. The van der Waals surface area contributed by atoms with Gasteiger partial charge in [-0.15, -0.1) is 0 Å². The van der Waals surface area contributed by atoms with Crippen LogP contribution in [0.1, 0.15) is 11.1 Å². The first-order chi connectivity index (χ1) is 16.6. The van der Waals surface area contributed by atoms with Gasteiger partial charge in [-0.25, -0.2) is 0 Å². The first-order valence-corrected chi connectivity index (χ1v) is 10.7. The Morgan fingerprint density at radius 1 is 0.912 bits per heavy atom. The molecule has 3 aromatic rings. The van der Waals surface area contributed by atoms with E-state index in [1.54, 1.807) is 26.4 Å². The molecule has 178 valence electrons. The Balaban J connectivity index is 0.000000162. The molecule has 1 atom stereocenters. The molecular weight excluding hydrogens is 442 g/mol. The molecule has 0 aromatic heterocycles. The number of para-hydroxylation sites is 1. The van der Waals surface area contributed by atoms with E-state index in [2.05, 4.69) is 0 Å². The summed E-state index contributed by atoms with van der Waals surface area (Å²) in [6.45, 7) is 0.786. The van der Waals surface area contributed by atoms with Crippen molar-refractivity contribution >= 4 is 0 Å². The van der Waals surface area contributed by atoms with Crippen molar-refractivity contribution in [1.29, 1.82) is 0 Å². The Bertz CT molecular complexity index is 1110. The van der Waals surface area contributed by atoms with Gasteiger partial charge in [0.25, 0.3) is 6.04 Å². The minimum atomic E-state index is -0.673. The summed E-state index contributed by atoms with van der Waals surface area (Å²) in [7, 11) is 3.23. The number of nitro groups is 1. The predicted octanol–water partition coefficient (Wildman–Crippen LogP) is 4.28. The predicted molar refractivity (Wildman–Crippen MR) is 123 cm³/mol. The molecular formula is C25H25NO8. The molecule has 0 amide bonds. The Kier molecular flexibility index (Phi) is 7.22. The number of fused-ring (bicyclic) bond motifs is 2. The van der Waals surface area contributed by atoms with E-state index in [1.165, 1.54) is 0 Å². The third-order valence-electron chi connectivity index (χ3n) is 5.35. The van der Waals surface area contributed by atoms with Crippen LogP contribution in [0, 0.1) is 10.1 Å². The van der Waals surface area contributed by atoms with Gasteiger partial charge >= 0.3 is 0 Å². The quantitative estimate of drug-likeness (QED) is 0.391. The van der Waals surface area contributed by atoms with Gasteiger partial charge in [0.05, 0.1) is 14.2 Å².